The zero-order valence-electron chi connectivity index (χ0n) is 13.5. The molecule has 0 aromatic carbocycles. The molecule has 0 bridgehead atoms. The second kappa shape index (κ2) is 9.65. The van der Waals surface area contributed by atoms with Crippen molar-refractivity contribution in [1.29, 1.82) is 0 Å². The molecule has 0 aliphatic rings. The Morgan fingerprint density at radius 2 is 1.86 bits per heavy atom. The summed E-state index contributed by atoms with van der Waals surface area (Å²) in [4.78, 5) is 0. The Morgan fingerprint density at radius 1 is 1.05 bits per heavy atom. The Bertz CT molecular complexity index is 377. The molecule has 0 saturated carbocycles. The molecule has 0 aliphatic heterocycles. The minimum absolute atomic E-state index is 0.0665. The van der Waals surface area contributed by atoms with E-state index in [-0.39, 0.29) is 5.54 Å². The summed E-state index contributed by atoms with van der Waals surface area (Å²) in [7, 11) is 1.68. The number of rotatable bonds is 10. The lowest BCUT2D eigenvalue weighted by Crippen LogP contribution is -2.35. The summed E-state index contributed by atoms with van der Waals surface area (Å²) in [6.07, 6.45) is 0.895. The van der Waals surface area contributed by atoms with E-state index in [4.69, 9.17) is 14.2 Å². The highest BCUT2D eigenvalue weighted by Crippen LogP contribution is 2.06. The quantitative estimate of drug-likeness (QED) is 0.664. The largest absolute Gasteiger partial charge is 0.474 e. The Balaban J connectivity index is 2.16. The van der Waals surface area contributed by atoms with Crippen LogP contribution in [-0.4, -0.2) is 49.3 Å². The van der Waals surface area contributed by atoms with Crippen LogP contribution in [0.5, 0.6) is 5.88 Å². The van der Waals surface area contributed by atoms with E-state index in [1.807, 2.05) is 12.1 Å². The van der Waals surface area contributed by atoms with Crippen molar-refractivity contribution in [2.24, 2.45) is 0 Å². The van der Waals surface area contributed by atoms with Crippen molar-refractivity contribution in [3.8, 4) is 5.88 Å². The van der Waals surface area contributed by atoms with Crippen LogP contribution in [0.1, 0.15) is 32.9 Å². The molecule has 1 aromatic rings. The van der Waals surface area contributed by atoms with E-state index in [1.54, 1.807) is 7.11 Å². The molecule has 0 aliphatic carbocycles. The molecule has 0 atom stereocenters. The Labute approximate surface area is 127 Å². The monoisotopic (exact) mass is 297 g/mol. The summed E-state index contributed by atoms with van der Waals surface area (Å²) in [5, 5.41) is 11.5. The van der Waals surface area contributed by atoms with Gasteiger partial charge in [-0.1, -0.05) is 0 Å². The summed E-state index contributed by atoms with van der Waals surface area (Å²) in [6, 6.07) is 3.75. The smallest absolute Gasteiger partial charge is 0.233 e. The van der Waals surface area contributed by atoms with Gasteiger partial charge in [0.25, 0.3) is 0 Å². The summed E-state index contributed by atoms with van der Waals surface area (Å²) >= 11 is 0. The van der Waals surface area contributed by atoms with Crippen molar-refractivity contribution in [2.45, 2.75) is 39.3 Å². The molecule has 0 spiro atoms. The van der Waals surface area contributed by atoms with Gasteiger partial charge in [-0.05, 0) is 33.3 Å². The molecule has 0 saturated heterocycles. The number of nitrogens with zero attached hydrogens (tertiary/aromatic N) is 2. The first kappa shape index (κ1) is 17.8. The lowest BCUT2D eigenvalue weighted by molar-refractivity contribution is 0.0793. The van der Waals surface area contributed by atoms with Crippen molar-refractivity contribution in [3.05, 3.63) is 17.8 Å². The van der Waals surface area contributed by atoms with Gasteiger partial charge in [-0.2, -0.15) is 5.10 Å². The highest BCUT2D eigenvalue weighted by atomic mass is 16.5. The van der Waals surface area contributed by atoms with Gasteiger partial charge in [-0.25, -0.2) is 0 Å². The maximum atomic E-state index is 5.46. The first-order valence-corrected chi connectivity index (χ1v) is 7.28. The van der Waals surface area contributed by atoms with Gasteiger partial charge in [0, 0.05) is 38.5 Å². The molecule has 1 aromatic heterocycles. The number of hydrogen-bond acceptors (Lipinski definition) is 6. The first-order valence-electron chi connectivity index (χ1n) is 7.28. The molecule has 1 rings (SSSR count). The summed E-state index contributed by atoms with van der Waals surface area (Å²) in [6.45, 7) is 9.45. The third kappa shape index (κ3) is 9.33. The van der Waals surface area contributed by atoms with E-state index in [2.05, 4.69) is 36.3 Å². The zero-order chi connectivity index (χ0) is 15.6. The van der Waals surface area contributed by atoms with Crippen molar-refractivity contribution in [2.75, 3.05) is 33.5 Å². The predicted octanol–water partition coefficient (Wildman–Crippen LogP) is 1.80. The summed E-state index contributed by atoms with van der Waals surface area (Å²) in [5.41, 5.74) is 0.963. The van der Waals surface area contributed by atoms with Crippen LogP contribution in [0.25, 0.3) is 0 Å². The molecule has 0 radical (unpaired) electrons. The highest BCUT2D eigenvalue weighted by molar-refractivity contribution is 5.11. The van der Waals surface area contributed by atoms with Crippen molar-refractivity contribution in [3.63, 3.8) is 0 Å². The van der Waals surface area contributed by atoms with Crippen LogP contribution in [0.2, 0.25) is 0 Å². The molecular formula is C15H27N3O3. The molecule has 21 heavy (non-hydrogen) atoms. The van der Waals surface area contributed by atoms with Crippen LogP contribution < -0.4 is 10.1 Å². The number of hydrogen-bond donors (Lipinski definition) is 1. The van der Waals surface area contributed by atoms with Gasteiger partial charge in [0.05, 0.1) is 12.3 Å². The van der Waals surface area contributed by atoms with Crippen molar-refractivity contribution in [1.82, 2.24) is 15.5 Å². The summed E-state index contributed by atoms with van der Waals surface area (Å²) < 4.78 is 15.8. The maximum Gasteiger partial charge on any atom is 0.233 e. The van der Waals surface area contributed by atoms with Crippen LogP contribution >= 0.6 is 0 Å². The number of nitrogens with one attached hydrogen (secondary N) is 1. The molecule has 0 fully saturated rings. The van der Waals surface area contributed by atoms with Gasteiger partial charge in [-0.15, -0.1) is 5.10 Å². The fraction of sp³-hybridized carbons (Fsp3) is 0.733. The van der Waals surface area contributed by atoms with Crippen molar-refractivity contribution < 1.29 is 14.2 Å². The van der Waals surface area contributed by atoms with Crippen LogP contribution in [0.3, 0.4) is 0 Å². The van der Waals surface area contributed by atoms with Crippen LogP contribution in [0.15, 0.2) is 12.1 Å². The predicted molar refractivity (Wildman–Crippen MR) is 81.4 cm³/mol. The van der Waals surface area contributed by atoms with Crippen molar-refractivity contribution >= 4 is 0 Å². The topological polar surface area (TPSA) is 65.5 Å². The van der Waals surface area contributed by atoms with E-state index >= 15 is 0 Å². The Hall–Kier alpha value is -1.24. The number of ether oxygens (including phenoxy) is 3. The fourth-order valence-electron chi connectivity index (χ4n) is 1.49. The minimum Gasteiger partial charge on any atom is -0.474 e. The van der Waals surface area contributed by atoms with Gasteiger partial charge in [0.15, 0.2) is 0 Å². The Morgan fingerprint density at radius 3 is 2.48 bits per heavy atom. The lowest BCUT2D eigenvalue weighted by Gasteiger charge is -2.19. The van der Waals surface area contributed by atoms with Gasteiger partial charge >= 0.3 is 0 Å². The molecule has 0 unspecified atom stereocenters. The van der Waals surface area contributed by atoms with Crippen LogP contribution in [-0.2, 0) is 16.0 Å². The molecular weight excluding hydrogens is 270 g/mol. The van der Waals surface area contributed by atoms with Gasteiger partial charge < -0.3 is 19.5 Å². The molecule has 0 amide bonds. The van der Waals surface area contributed by atoms with Gasteiger partial charge in [-0.3, -0.25) is 0 Å². The van der Waals surface area contributed by atoms with E-state index in [9.17, 15) is 0 Å². The molecule has 120 valence electrons. The fourth-order valence-corrected chi connectivity index (χ4v) is 1.49. The molecule has 6 nitrogen and oxygen atoms in total. The second-order valence-corrected chi connectivity index (χ2v) is 5.77. The zero-order valence-corrected chi connectivity index (χ0v) is 13.5. The van der Waals surface area contributed by atoms with E-state index in [0.29, 0.717) is 32.2 Å². The van der Waals surface area contributed by atoms with Crippen LogP contribution in [0, 0.1) is 0 Å². The first-order chi connectivity index (χ1) is 10.0. The van der Waals surface area contributed by atoms with E-state index in [1.165, 1.54) is 0 Å². The normalized spacial score (nSPS) is 11.6. The van der Waals surface area contributed by atoms with Gasteiger partial charge in [0.2, 0.25) is 5.88 Å². The average Bonchev–Trinajstić information content (AvgIpc) is 2.44. The standard InChI is InChI=1S/C15H27N3O3/c1-15(2,3)16-12-13-6-7-14(18-17-13)21-11-10-20-9-5-8-19-4/h6-7,16H,5,8-12H2,1-4H3. The SMILES string of the molecule is COCCCOCCOc1ccc(CNC(C)(C)C)nn1. The second-order valence-electron chi connectivity index (χ2n) is 5.77. The van der Waals surface area contributed by atoms with E-state index < -0.39 is 0 Å². The molecule has 6 heteroatoms. The molecule has 1 heterocycles. The maximum absolute atomic E-state index is 5.46. The average molecular weight is 297 g/mol. The van der Waals surface area contributed by atoms with Crippen LogP contribution in [0.4, 0.5) is 0 Å². The third-order valence-corrected chi connectivity index (χ3v) is 2.61. The Kier molecular flexibility index (Phi) is 8.19. The molecule has 1 N–H and O–H groups in total. The summed E-state index contributed by atoms with van der Waals surface area (Å²) in [5.74, 6) is 0.523. The lowest BCUT2D eigenvalue weighted by atomic mass is 10.1. The third-order valence-electron chi connectivity index (χ3n) is 2.61. The van der Waals surface area contributed by atoms with Gasteiger partial charge in [0.1, 0.15) is 6.61 Å². The minimum atomic E-state index is 0.0665. The highest BCUT2D eigenvalue weighted by Gasteiger charge is 2.09. The number of methoxy groups -OCH3 is 1. The van der Waals surface area contributed by atoms with E-state index in [0.717, 1.165) is 18.7 Å². The number of aromatic nitrogens is 2.